The van der Waals surface area contributed by atoms with Gasteiger partial charge in [0, 0.05) is 0 Å². The third kappa shape index (κ3) is 3.92. The van der Waals surface area contributed by atoms with Gasteiger partial charge >= 0.3 is 0 Å². The summed E-state index contributed by atoms with van der Waals surface area (Å²) in [6, 6.07) is 6.69. The Hall–Kier alpha value is -1.81. The quantitative estimate of drug-likeness (QED) is 0.739. The van der Waals surface area contributed by atoms with Crippen LogP contribution in [0.1, 0.15) is 13.3 Å². The van der Waals surface area contributed by atoms with E-state index in [1.165, 1.54) is 0 Å². The highest BCUT2D eigenvalue weighted by atomic mass is 16.5. The number of benzene rings is 1. The molecule has 0 bridgehead atoms. The number of nitrogens with two attached hydrogens (primary N) is 1. The van der Waals surface area contributed by atoms with E-state index >= 15 is 0 Å². The number of rotatable bonds is 6. The molecule has 0 aliphatic heterocycles. The Labute approximate surface area is 101 Å². The van der Waals surface area contributed by atoms with Crippen molar-refractivity contribution >= 4 is 11.6 Å². The van der Waals surface area contributed by atoms with Crippen molar-refractivity contribution in [3.63, 3.8) is 0 Å². The highest BCUT2D eigenvalue weighted by Crippen LogP contribution is 2.23. The number of hydrogen-bond acceptors (Lipinski definition) is 3. The summed E-state index contributed by atoms with van der Waals surface area (Å²) in [5.74, 6) is 0.409. The molecule has 0 aliphatic rings. The molecule has 17 heavy (non-hydrogen) atoms. The minimum Gasteiger partial charge on any atom is -0.492 e. The van der Waals surface area contributed by atoms with Crippen LogP contribution in [0.25, 0.3) is 0 Å². The molecule has 1 aromatic carbocycles. The molecule has 4 heteroatoms. The lowest BCUT2D eigenvalue weighted by Crippen LogP contribution is -2.35. The van der Waals surface area contributed by atoms with Gasteiger partial charge < -0.3 is 15.8 Å². The van der Waals surface area contributed by atoms with Crippen LogP contribution in [0.5, 0.6) is 5.75 Å². The first-order chi connectivity index (χ1) is 8.19. The molecular formula is C13H18N2O2. The minimum absolute atomic E-state index is 0.239. The smallest absolute Gasteiger partial charge is 0.241 e. The lowest BCUT2D eigenvalue weighted by Gasteiger charge is -2.13. The van der Waals surface area contributed by atoms with E-state index < -0.39 is 6.04 Å². The van der Waals surface area contributed by atoms with Gasteiger partial charge in [0.1, 0.15) is 5.75 Å². The van der Waals surface area contributed by atoms with Crippen LogP contribution in [0.15, 0.2) is 36.9 Å². The van der Waals surface area contributed by atoms with Gasteiger partial charge in [0.15, 0.2) is 0 Å². The molecule has 4 nitrogen and oxygen atoms in total. The monoisotopic (exact) mass is 234 g/mol. The predicted molar refractivity (Wildman–Crippen MR) is 69.0 cm³/mol. The Morgan fingerprint density at radius 1 is 1.59 bits per heavy atom. The van der Waals surface area contributed by atoms with Gasteiger partial charge in [-0.05, 0) is 25.5 Å². The Morgan fingerprint density at radius 3 is 2.94 bits per heavy atom. The molecular weight excluding hydrogens is 216 g/mol. The first kappa shape index (κ1) is 13.3. The lowest BCUT2D eigenvalue weighted by atomic mass is 10.2. The Kier molecular flexibility index (Phi) is 5.23. The maximum Gasteiger partial charge on any atom is 0.241 e. The van der Waals surface area contributed by atoms with Crippen LogP contribution in [-0.2, 0) is 4.79 Å². The number of para-hydroxylation sites is 2. The molecule has 0 radical (unpaired) electrons. The second-order valence-electron chi connectivity index (χ2n) is 3.55. The number of ether oxygens (including phenoxy) is 1. The van der Waals surface area contributed by atoms with Gasteiger partial charge in [-0.3, -0.25) is 4.79 Å². The standard InChI is InChI=1S/C13H18N2O2/c1-3-7-10(14)13(16)15-11-8-5-6-9-12(11)17-4-2/h3,5-6,8-10H,1,4,7,14H2,2H3,(H,15,16). The summed E-state index contributed by atoms with van der Waals surface area (Å²) in [5.41, 5.74) is 6.31. The molecule has 1 rings (SSSR count). The van der Waals surface area contributed by atoms with E-state index in [0.717, 1.165) is 0 Å². The Bertz CT molecular complexity index is 391. The first-order valence-electron chi connectivity index (χ1n) is 5.58. The van der Waals surface area contributed by atoms with E-state index in [0.29, 0.717) is 24.5 Å². The van der Waals surface area contributed by atoms with Crippen molar-refractivity contribution in [3.8, 4) is 5.75 Å². The van der Waals surface area contributed by atoms with Crippen LogP contribution in [0.3, 0.4) is 0 Å². The number of anilines is 1. The summed E-state index contributed by atoms with van der Waals surface area (Å²) in [4.78, 5) is 11.7. The van der Waals surface area contributed by atoms with Gasteiger partial charge in [0.2, 0.25) is 5.91 Å². The van der Waals surface area contributed by atoms with Gasteiger partial charge in [-0.15, -0.1) is 6.58 Å². The number of amides is 1. The van der Waals surface area contributed by atoms with Crippen molar-refractivity contribution in [2.24, 2.45) is 5.73 Å². The van der Waals surface area contributed by atoms with Gasteiger partial charge in [0.05, 0.1) is 18.3 Å². The van der Waals surface area contributed by atoms with Crippen molar-refractivity contribution in [3.05, 3.63) is 36.9 Å². The first-order valence-corrected chi connectivity index (χ1v) is 5.58. The highest BCUT2D eigenvalue weighted by molar-refractivity contribution is 5.96. The zero-order valence-corrected chi connectivity index (χ0v) is 9.98. The van der Waals surface area contributed by atoms with E-state index in [9.17, 15) is 4.79 Å². The molecule has 1 amide bonds. The van der Waals surface area contributed by atoms with Crippen molar-refractivity contribution in [2.45, 2.75) is 19.4 Å². The summed E-state index contributed by atoms with van der Waals surface area (Å²) in [6.07, 6.45) is 2.07. The van der Waals surface area contributed by atoms with E-state index in [2.05, 4.69) is 11.9 Å². The molecule has 0 saturated carbocycles. The largest absolute Gasteiger partial charge is 0.492 e. The van der Waals surface area contributed by atoms with E-state index in [4.69, 9.17) is 10.5 Å². The third-order valence-electron chi connectivity index (χ3n) is 2.20. The molecule has 3 N–H and O–H groups in total. The van der Waals surface area contributed by atoms with Crippen LogP contribution >= 0.6 is 0 Å². The third-order valence-corrected chi connectivity index (χ3v) is 2.20. The number of carbonyl (C=O) groups is 1. The SMILES string of the molecule is C=CCC(N)C(=O)Nc1ccccc1OCC. The summed E-state index contributed by atoms with van der Waals surface area (Å²) < 4.78 is 5.40. The van der Waals surface area contributed by atoms with Crippen LogP contribution in [0.2, 0.25) is 0 Å². The van der Waals surface area contributed by atoms with Gasteiger partial charge in [0.25, 0.3) is 0 Å². The fourth-order valence-electron chi connectivity index (χ4n) is 1.36. The topological polar surface area (TPSA) is 64.4 Å². The minimum atomic E-state index is -0.581. The van der Waals surface area contributed by atoms with E-state index in [1.54, 1.807) is 18.2 Å². The maximum atomic E-state index is 11.7. The molecule has 92 valence electrons. The molecule has 0 heterocycles. The normalized spacial score (nSPS) is 11.6. The van der Waals surface area contributed by atoms with E-state index in [-0.39, 0.29) is 5.91 Å². The van der Waals surface area contributed by atoms with Crippen molar-refractivity contribution in [1.29, 1.82) is 0 Å². The molecule has 0 aromatic heterocycles. The second-order valence-corrected chi connectivity index (χ2v) is 3.55. The molecule has 1 unspecified atom stereocenters. The number of carbonyl (C=O) groups excluding carboxylic acids is 1. The molecule has 1 atom stereocenters. The average molecular weight is 234 g/mol. The number of nitrogens with one attached hydrogen (secondary N) is 1. The van der Waals surface area contributed by atoms with Crippen molar-refractivity contribution in [1.82, 2.24) is 0 Å². The zero-order valence-electron chi connectivity index (χ0n) is 9.98. The zero-order chi connectivity index (χ0) is 12.7. The second kappa shape index (κ2) is 6.70. The molecule has 0 saturated heterocycles. The van der Waals surface area contributed by atoms with Gasteiger partial charge in [-0.25, -0.2) is 0 Å². The molecule has 0 aliphatic carbocycles. The summed E-state index contributed by atoms with van der Waals surface area (Å²) in [7, 11) is 0. The van der Waals surface area contributed by atoms with Crippen LogP contribution in [-0.4, -0.2) is 18.6 Å². The van der Waals surface area contributed by atoms with Gasteiger partial charge in [-0.2, -0.15) is 0 Å². The van der Waals surface area contributed by atoms with Crippen LogP contribution < -0.4 is 15.8 Å². The fraction of sp³-hybridized carbons (Fsp3) is 0.308. The number of hydrogen-bond donors (Lipinski definition) is 2. The Balaban J connectivity index is 2.73. The fourth-order valence-corrected chi connectivity index (χ4v) is 1.36. The van der Waals surface area contributed by atoms with Gasteiger partial charge in [-0.1, -0.05) is 18.2 Å². The predicted octanol–water partition coefficient (Wildman–Crippen LogP) is 1.93. The van der Waals surface area contributed by atoms with Crippen LogP contribution in [0.4, 0.5) is 5.69 Å². The van der Waals surface area contributed by atoms with Crippen molar-refractivity contribution < 1.29 is 9.53 Å². The molecule has 0 spiro atoms. The maximum absolute atomic E-state index is 11.7. The van der Waals surface area contributed by atoms with Crippen LogP contribution in [0, 0.1) is 0 Å². The Morgan fingerprint density at radius 2 is 2.29 bits per heavy atom. The van der Waals surface area contributed by atoms with Crippen molar-refractivity contribution in [2.75, 3.05) is 11.9 Å². The molecule has 1 aromatic rings. The van der Waals surface area contributed by atoms with E-state index in [1.807, 2.05) is 19.1 Å². The average Bonchev–Trinajstić information content (AvgIpc) is 2.32. The molecule has 0 fully saturated rings. The summed E-state index contributed by atoms with van der Waals surface area (Å²) in [5, 5.41) is 2.74. The summed E-state index contributed by atoms with van der Waals surface area (Å²) >= 11 is 0. The summed E-state index contributed by atoms with van der Waals surface area (Å²) in [6.45, 7) is 5.99. The highest BCUT2D eigenvalue weighted by Gasteiger charge is 2.13. The lowest BCUT2D eigenvalue weighted by molar-refractivity contribution is -0.117.